The number of hydrogen-bond donors (Lipinski definition) is 1. The standard InChI is InChI=1S/C18H16ClN5OS/c1-24-17(14-7-3-2-4-8-14)22-23-18(24)26-12-16(25)21-20-11-13-6-5-9-15(19)10-13/h2-11H,12H2,1H3,(H,21,25)/b20-11-. The summed E-state index contributed by atoms with van der Waals surface area (Å²) < 4.78 is 1.86. The highest BCUT2D eigenvalue weighted by atomic mass is 35.5. The van der Waals surface area contributed by atoms with Crippen molar-refractivity contribution in [2.45, 2.75) is 5.16 Å². The van der Waals surface area contributed by atoms with Crippen LogP contribution in [0.3, 0.4) is 0 Å². The van der Waals surface area contributed by atoms with Crippen molar-refractivity contribution in [3.63, 3.8) is 0 Å². The number of carbonyl (C=O) groups is 1. The number of halogens is 1. The van der Waals surface area contributed by atoms with E-state index in [1.807, 2.05) is 54.1 Å². The third kappa shape index (κ3) is 4.71. The van der Waals surface area contributed by atoms with Crippen LogP contribution >= 0.6 is 23.4 Å². The number of hydrogen-bond acceptors (Lipinski definition) is 5. The minimum absolute atomic E-state index is 0.188. The van der Waals surface area contributed by atoms with Crippen LogP contribution in [0, 0.1) is 0 Å². The average Bonchev–Trinajstić information content (AvgIpc) is 3.01. The lowest BCUT2D eigenvalue weighted by Crippen LogP contribution is -2.19. The average molecular weight is 386 g/mol. The molecule has 1 aromatic heterocycles. The zero-order chi connectivity index (χ0) is 18.4. The van der Waals surface area contributed by atoms with E-state index in [1.54, 1.807) is 18.3 Å². The second-order valence-electron chi connectivity index (χ2n) is 5.37. The van der Waals surface area contributed by atoms with Gasteiger partial charge in [-0.2, -0.15) is 5.10 Å². The maximum atomic E-state index is 11.9. The summed E-state index contributed by atoms with van der Waals surface area (Å²) in [5.41, 5.74) is 4.28. The molecule has 3 rings (SSSR count). The SMILES string of the molecule is Cn1c(SCC(=O)N/N=C\c2cccc(Cl)c2)nnc1-c1ccccc1. The first-order chi connectivity index (χ1) is 12.6. The van der Waals surface area contributed by atoms with Crippen molar-refractivity contribution in [2.24, 2.45) is 12.1 Å². The minimum Gasteiger partial charge on any atom is -0.305 e. The predicted octanol–water partition coefficient (Wildman–Crippen LogP) is 3.38. The van der Waals surface area contributed by atoms with Crippen LogP contribution in [0.15, 0.2) is 64.9 Å². The van der Waals surface area contributed by atoms with Gasteiger partial charge in [-0.3, -0.25) is 4.79 Å². The number of amides is 1. The van der Waals surface area contributed by atoms with E-state index in [2.05, 4.69) is 20.7 Å². The van der Waals surface area contributed by atoms with Crippen molar-refractivity contribution in [1.82, 2.24) is 20.2 Å². The molecule has 0 saturated heterocycles. The molecule has 0 radical (unpaired) electrons. The smallest absolute Gasteiger partial charge is 0.250 e. The van der Waals surface area contributed by atoms with Crippen LogP contribution in [0.25, 0.3) is 11.4 Å². The van der Waals surface area contributed by atoms with Crippen LogP contribution in [0.4, 0.5) is 0 Å². The van der Waals surface area contributed by atoms with E-state index in [1.165, 1.54) is 11.8 Å². The molecule has 2 aromatic carbocycles. The fraction of sp³-hybridized carbons (Fsp3) is 0.111. The Morgan fingerprint density at radius 1 is 1.23 bits per heavy atom. The number of nitrogens with zero attached hydrogens (tertiary/aromatic N) is 4. The van der Waals surface area contributed by atoms with E-state index in [4.69, 9.17) is 11.6 Å². The highest BCUT2D eigenvalue weighted by molar-refractivity contribution is 7.99. The number of thioether (sulfide) groups is 1. The second kappa shape index (κ2) is 8.64. The topological polar surface area (TPSA) is 72.2 Å². The Morgan fingerprint density at radius 2 is 2.04 bits per heavy atom. The minimum atomic E-state index is -0.225. The van der Waals surface area contributed by atoms with E-state index in [9.17, 15) is 4.79 Å². The fourth-order valence-corrected chi connectivity index (χ4v) is 3.11. The van der Waals surface area contributed by atoms with E-state index in [0.717, 1.165) is 17.0 Å². The maximum absolute atomic E-state index is 11.9. The quantitative estimate of drug-likeness (QED) is 0.401. The summed E-state index contributed by atoms with van der Waals surface area (Å²) in [6.45, 7) is 0. The van der Waals surface area contributed by atoms with Gasteiger partial charge in [-0.15, -0.1) is 10.2 Å². The summed E-state index contributed by atoms with van der Waals surface area (Å²) in [7, 11) is 1.87. The number of carbonyl (C=O) groups excluding carboxylic acids is 1. The van der Waals surface area contributed by atoms with Crippen LogP contribution in [0.2, 0.25) is 5.02 Å². The molecular weight excluding hydrogens is 370 g/mol. The lowest BCUT2D eigenvalue weighted by atomic mass is 10.2. The van der Waals surface area contributed by atoms with Crippen molar-refractivity contribution in [2.75, 3.05) is 5.75 Å². The Hall–Kier alpha value is -2.64. The third-order valence-electron chi connectivity index (χ3n) is 3.45. The number of benzene rings is 2. The summed E-state index contributed by atoms with van der Waals surface area (Å²) in [6.07, 6.45) is 1.55. The molecule has 0 aliphatic rings. The molecule has 0 aliphatic carbocycles. The monoisotopic (exact) mass is 385 g/mol. The van der Waals surface area contributed by atoms with Gasteiger partial charge in [-0.1, -0.05) is 65.8 Å². The molecule has 1 heterocycles. The zero-order valence-electron chi connectivity index (χ0n) is 14.0. The highest BCUT2D eigenvalue weighted by Crippen LogP contribution is 2.22. The van der Waals surface area contributed by atoms with E-state index >= 15 is 0 Å². The molecule has 1 N–H and O–H groups in total. The largest absolute Gasteiger partial charge is 0.305 e. The Bertz CT molecular complexity index is 926. The molecule has 0 saturated carbocycles. The summed E-state index contributed by atoms with van der Waals surface area (Å²) in [6, 6.07) is 17.0. The first-order valence-corrected chi connectivity index (χ1v) is 9.15. The molecule has 0 fully saturated rings. The number of aromatic nitrogens is 3. The second-order valence-corrected chi connectivity index (χ2v) is 6.75. The predicted molar refractivity (Wildman–Crippen MR) is 104 cm³/mol. The first-order valence-electron chi connectivity index (χ1n) is 7.78. The van der Waals surface area contributed by atoms with Gasteiger partial charge in [0.25, 0.3) is 5.91 Å². The van der Waals surface area contributed by atoms with E-state index in [0.29, 0.717) is 10.2 Å². The van der Waals surface area contributed by atoms with Crippen LogP contribution < -0.4 is 5.43 Å². The van der Waals surface area contributed by atoms with Crippen molar-refractivity contribution in [1.29, 1.82) is 0 Å². The lowest BCUT2D eigenvalue weighted by molar-refractivity contribution is -0.118. The highest BCUT2D eigenvalue weighted by Gasteiger charge is 2.12. The molecule has 0 bridgehead atoms. The zero-order valence-corrected chi connectivity index (χ0v) is 15.5. The molecular formula is C18H16ClN5OS. The Balaban J connectivity index is 1.54. The third-order valence-corrected chi connectivity index (χ3v) is 4.71. The molecule has 132 valence electrons. The van der Waals surface area contributed by atoms with E-state index in [-0.39, 0.29) is 11.7 Å². The Kier molecular flexibility index (Phi) is 6.04. The van der Waals surface area contributed by atoms with Gasteiger partial charge >= 0.3 is 0 Å². The maximum Gasteiger partial charge on any atom is 0.250 e. The Morgan fingerprint density at radius 3 is 2.81 bits per heavy atom. The molecule has 6 nitrogen and oxygen atoms in total. The summed E-state index contributed by atoms with van der Waals surface area (Å²) in [5, 5.41) is 13.6. The van der Waals surface area contributed by atoms with Crippen LogP contribution in [0.1, 0.15) is 5.56 Å². The van der Waals surface area contributed by atoms with Crippen molar-refractivity contribution >= 4 is 35.5 Å². The number of rotatable bonds is 6. The van der Waals surface area contributed by atoms with Gasteiger partial charge in [0, 0.05) is 17.6 Å². The summed E-state index contributed by atoms with van der Waals surface area (Å²) in [5.74, 6) is 0.721. The van der Waals surface area contributed by atoms with E-state index < -0.39 is 0 Å². The number of hydrazone groups is 1. The molecule has 0 spiro atoms. The Labute approximate surface area is 160 Å². The van der Waals surface area contributed by atoms with Gasteiger partial charge in [0.2, 0.25) is 0 Å². The fourth-order valence-electron chi connectivity index (χ4n) is 2.21. The normalized spacial score (nSPS) is 11.0. The van der Waals surface area contributed by atoms with Gasteiger partial charge in [0.05, 0.1) is 12.0 Å². The van der Waals surface area contributed by atoms with Crippen molar-refractivity contribution in [3.05, 3.63) is 65.2 Å². The lowest BCUT2D eigenvalue weighted by Gasteiger charge is -2.03. The molecule has 0 aliphatic heterocycles. The molecule has 1 amide bonds. The van der Waals surface area contributed by atoms with Crippen LogP contribution in [-0.2, 0) is 11.8 Å². The van der Waals surface area contributed by atoms with Crippen LogP contribution in [0.5, 0.6) is 0 Å². The summed E-state index contributed by atoms with van der Waals surface area (Å²) >= 11 is 7.20. The first kappa shape index (κ1) is 18.2. The van der Waals surface area contributed by atoms with Gasteiger partial charge in [0.1, 0.15) is 0 Å². The van der Waals surface area contributed by atoms with Gasteiger partial charge in [-0.05, 0) is 17.7 Å². The van der Waals surface area contributed by atoms with Gasteiger partial charge in [0.15, 0.2) is 11.0 Å². The van der Waals surface area contributed by atoms with Crippen LogP contribution in [-0.4, -0.2) is 32.6 Å². The summed E-state index contributed by atoms with van der Waals surface area (Å²) in [4.78, 5) is 11.9. The molecule has 3 aromatic rings. The molecule has 8 heteroatoms. The molecule has 26 heavy (non-hydrogen) atoms. The van der Waals surface area contributed by atoms with Gasteiger partial charge in [-0.25, -0.2) is 5.43 Å². The van der Waals surface area contributed by atoms with Crippen molar-refractivity contribution in [3.8, 4) is 11.4 Å². The van der Waals surface area contributed by atoms with Crippen molar-refractivity contribution < 1.29 is 4.79 Å². The van der Waals surface area contributed by atoms with Gasteiger partial charge < -0.3 is 4.57 Å². The molecule has 0 atom stereocenters. The molecule has 0 unspecified atom stereocenters. The number of nitrogens with one attached hydrogen (secondary N) is 1.